The van der Waals surface area contributed by atoms with Crippen molar-refractivity contribution in [1.82, 2.24) is 14.8 Å². The number of hydrogen-bond acceptors (Lipinski definition) is 3. The van der Waals surface area contributed by atoms with Crippen molar-refractivity contribution in [3.63, 3.8) is 0 Å². The molecule has 1 atom stereocenters. The van der Waals surface area contributed by atoms with Gasteiger partial charge in [-0.3, -0.25) is 4.79 Å². The highest BCUT2D eigenvalue weighted by Crippen LogP contribution is 2.28. The number of rotatable bonds is 0. The summed E-state index contributed by atoms with van der Waals surface area (Å²) in [7, 11) is -0.561. The molecular weight excluding hydrogens is 150 g/mol. The van der Waals surface area contributed by atoms with Crippen LogP contribution in [0, 0.1) is 0 Å². The quantitative estimate of drug-likeness (QED) is 0.491. The maximum atomic E-state index is 10.9. The second-order valence-electron chi connectivity index (χ2n) is 1.96. The molecule has 1 unspecified atom stereocenters. The third kappa shape index (κ3) is 0.578. The zero-order chi connectivity index (χ0) is 7.14. The summed E-state index contributed by atoms with van der Waals surface area (Å²) < 4.78 is 1.60. The van der Waals surface area contributed by atoms with E-state index in [1.54, 1.807) is 4.68 Å². The number of nitrogens with zero attached hydrogens (tertiary/aromatic N) is 3. The molecule has 52 valence electrons. The van der Waals surface area contributed by atoms with Crippen molar-refractivity contribution in [2.75, 3.05) is 0 Å². The lowest BCUT2D eigenvalue weighted by molar-refractivity contribution is -0.111. The van der Waals surface area contributed by atoms with Gasteiger partial charge >= 0.3 is 0 Å². The molecule has 1 aromatic heterocycles. The lowest BCUT2D eigenvalue weighted by Crippen LogP contribution is -1.98. The van der Waals surface area contributed by atoms with Crippen LogP contribution in [-0.4, -0.2) is 25.8 Å². The Morgan fingerprint density at radius 2 is 2.60 bits per heavy atom. The SMILES string of the molecule is C=S1C(=O)Cn2ncnc21. The van der Waals surface area contributed by atoms with E-state index in [9.17, 15) is 4.79 Å². The average molecular weight is 155 g/mol. The summed E-state index contributed by atoms with van der Waals surface area (Å²) in [4.78, 5) is 14.9. The maximum Gasteiger partial charge on any atom is 0.211 e. The lowest BCUT2D eigenvalue weighted by Gasteiger charge is -1.85. The van der Waals surface area contributed by atoms with Crippen LogP contribution < -0.4 is 0 Å². The third-order valence-corrected chi connectivity index (χ3v) is 2.79. The summed E-state index contributed by atoms with van der Waals surface area (Å²) in [5.74, 6) is 3.69. The van der Waals surface area contributed by atoms with Crippen molar-refractivity contribution in [3.05, 3.63) is 6.33 Å². The summed E-state index contributed by atoms with van der Waals surface area (Å²) in [5.41, 5.74) is 0. The Morgan fingerprint density at radius 3 is 3.30 bits per heavy atom. The first-order chi connectivity index (χ1) is 4.79. The van der Waals surface area contributed by atoms with Crippen LogP contribution in [0.2, 0.25) is 0 Å². The summed E-state index contributed by atoms with van der Waals surface area (Å²) >= 11 is 0. The fourth-order valence-corrected chi connectivity index (χ4v) is 1.88. The van der Waals surface area contributed by atoms with Crippen molar-refractivity contribution < 1.29 is 4.79 Å². The van der Waals surface area contributed by atoms with Crippen LogP contribution in [0.5, 0.6) is 0 Å². The lowest BCUT2D eigenvalue weighted by atomic mass is 10.7. The van der Waals surface area contributed by atoms with E-state index < -0.39 is 10.5 Å². The first-order valence-electron chi connectivity index (χ1n) is 2.73. The van der Waals surface area contributed by atoms with E-state index in [2.05, 4.69) is 16.0 Å². The second kappa shape index (κ2) is 1.76. The predicted molar refractivity (Wildman–Crippen MR) is 38.0 cm³/mol. The van der Waals surface area contributed by atoms with Crippen molar-refractivity contribution >= 4 is 21.5 Å². The number of hydrogen-bond donors (Lipinski definition) is 0. The molecule has 10 heavy (non-hydrogen) atoms. The molecule has 0 radical (unpaired) electrons. The van der Waals surface area contributed by atoms with Crippen molar-refractivity contribution in [2.24, 2.45) is 0 Å². The molecule has 2 rings (SSSR count). The molecule has 1 aliphatic rings. The molecule has 0 aliphatic carbocycles. The summed E-state index contributed by atoms with van der Waals surface area (Å²) in [6, 6.07) is 0. The second-order valence-corrected chi connectivity index (χ2v) is 3.56. The van der Waals surface area contributed by atoms with Gasteiger partial charge in [0.15, 0.2) is 5.16 Å². The van der Waals surface area contributed by atoms with Crippen LogP contribution in [-0.2, 0) is 11.3 Å². The zero-order valence-electron chi connectivity index (χ0n) is 5.15. The Morgan fingerprint density at radius 1 is 1.80 bits per heavy atom. The number of carbonyl (C=O) groups excluding carboxylic acids is 1. The number of fused-ring (bicyclic) bond motifs is 1. The van der Waals surface area contributed by atoms with Crippen LogP contribution in [0.1, 0.15) is 0 Å². The Labute approximate surface area is 59.8 Å². The Kier molecular flexibility index (Phi) is 1.02. The minimum absolute atomic E-state index is 0.121. The molecule has 0 spiro atoms. The molecular formula is C5H5N3OS. The van der Waals surface area contributed by atoms with Gasteiger partial charge in [0.25, 0.3) is 0 Å². The summed E-state index contributed by atoms with van der Waals surface area (Å²) in [6.45, 7) is 0.349. The molecule has 4 nitrogen and oxygen atoms in total. The van der Waals surface area contributed by atoms with Crippen LogP contribution in [0.25, 0.3) is 0 Å². The molecule has 0 aromatic carbocycles. The van der Waals surface area contributed by atoms with E-state index in [1.165, 1.54) is 6.33 Å². The van der Waals surface area contributed by atoms with E-state index >= 15 is 0 Å². The zero-order valence-corrected chi connectivity index (χ0v) is 5.97. The first kappa shape index (κ1) is 5.79. The standard InChI is InChI=1S/C5H5N3OS/c1-10-4(9)2-8-5(10)6-3-7-8/h3H,1-2H2. The Balaban J connectivity index is 2.63. The molecule has 0 N–H and O–H groups in total. The topological polar surface area (TPSA) is 47.8 Å². The van der Waals surface area contributed by atoms with Gasteiger partial charge < -0.3 is 0 Å². The molecule has 5 heteroatoms. The fourth-order valence-electron chi connectivity index (χ4n) is 0.855. The van der Waals surface area contributed by atoms with Crippen LogP contribution >= 0.6 is 10.5 Å². The number of aromatic nitrogens is 3. The van der Waals surface area contributed by atoms with Crippen LogP contribution in [0.4, 0.5) is 0 Å². The highest BCUT2D eigenvalue weighted by molar-refractivity contribution is 8.27. The van der Waals surface area contributed by atoms with E-state index in [0.717, 1.165) is 0 Å². The third-order valence-electron chi connectivity index (χ3n) is 1.35. The molecule has 0 fully saturated rings. The van der Waals surface area contributed by atoms with E-state index in [4.69, 9.17) is 0 Å². The van der Waals surface area contributed by atoms with Gasteiger partial charge in [-0.15, -0.1) is 0 Å². The summed E-state index contributed by atoms with van der Waals surface area (Å²) in [6.07, 6.45) is 1.45. The Hall–Kier alpha value is -0.970. The molecule has 0 saturated carbocycles. The van der Waals surface area contributed by atoms with Crippen LogP contribution in [0.15, 0.2) is 11.5 Å². The fraction of sp³-hybridized carbons (Fsp3) is 0.200. The van der Waals surface area contributed by atoms with Gasteiger partial charge in [-0.2, -0.15) is 5.10 Å². The van der Waals surface area contributed by atoms with Gasteiger partial charge in [0.1, 0.15) is 12.9 Å². The minimum Gasteiger partial charge on any atom is -0.285 e. The monoisotopic (exact) mass is 155 g/mol. The van der Waals surface area contributed by atoms with Crippen molar-refractivity contribution in [2.45, 2.75) is 11.7 Å². The van der Waals surface area contributed by atoms with Crippen molar-refractivity contribution in [1.29, 1.82) is 0 Å². The van der Waals surface area contributed by atoms with Gasteiger partial charge in [-0.1, -0.05) is 16.4 Å². The van der Waals surface area contributed by atoms with Crippen LogP contribution in [0.3, 0.4) is 0 Å². The average Bonchev–Trinajstić information content (AvgIpc) is 2.41. The first-order valence-corrected chi connectivity index (χ1v) is 4.13. The minimum atomic E-state index is -0.561. The highest BCUT2D eigenvalue weighted by Gasteiger charge is 2.22. The van der Waals surface area contributed by atoms with Gasteiger partial charge in [0.2, 0.25) is 5.12 Å². The molecule has 1 aromatic rings. The molecule has 0 amide bonds. The molecule has 0 bridgehead atoms. The van der Waals surface area contributed by atoms with E-state index in [-0.39, 0.29) is 5.12 Å². The van der Waals surface area contributed by atoms with Gasteiger partial charge in [-0.25, -0.2) is 9.67 Å². The Bertz CT molecular complexity index is 316. The van der Waals surface area contributed by atoms with Gasteiger partial charge in [0, 0.05) is 0 Å². The highest BCUT2D eigenvalue weighted by atomic mass is 32.2. The molecule has 1 aliphatic heterocycles. The molecule has 0 saturated heterocycles. The summed E-state index contributed by atoms with van der Waals surface area (Å²) in [5, 5.41) is 4.68. The largest absolute Gasteiger partial charge is 0.285 e. The predicted octanol–water partition coefficient (Wildman–Crippen LogP) is -0.122. The smallest absolute Gasteiger partial charge is 0.211 e. The van der Waals surface area contributed by atoms with E-state index in [0.29, 0.717) is 11.7 Å². The van der Waals surface area contributed by atoms with Gasteiger partial charge in [0.05, 0.1) is 0 Å². The van der Waals surface area contributed by atoms with Gasteiger partial charge in [-0.05, 0) is 0 Å². The van der Waals surface area contributed by atoms with Crippen molar-refractivity contribution in [3.8, 4) is 0 Å². The maximum absolute atomic E-state index is 10.9. The van der Waals surface area contributed by atoms with E-state index in [1.807, 2.05) is 0 Å². The number of carbonyl (C=O) groups is 1. The molecule has 2 heterocycles. The normalized spacial score (nSPS) is 23.2.